The van der Waals surface area contributed by atoms with Crippen LogP contribution in [0.1, 0.15) is 15.2 Å². The Morgan fingerprint density at radius 1 is 1.35 bits per heavy atom. The quantitative estimate of drug-likeness (QED) is 0.556. The van der Waals surface area contributed by atoms with Crippen LogP contribution in [-0.4, -0.2) is 5.97 Å². The van der Waals surface area contributed by atoms with Gasteiger partial charge in [0, 0.05) is 4.47 Å². The third-order valence-electron chi connectivity index (χ3n) is 2.11. The van der Waals surface area contributed by atoms with Crippen LogP contribution in [-0.2, 0) is 0 Å². The number of rotatable bonds is 2. The second-order valence-electron chi connectivity index (χ2n) is 3.40. The number of carbonyl (C=O) groups excluding carboxylic acids is 1. The summed E-state index contributed by atoms with van der Waals surface area (Å²) in [4.78, 5) is 12.4. The molecule has 2 rings (SSSR count). The monoisotopic (exact) mass is 374 g/mol. The number of thiophene rings is 1. The Balaban J connectivity index is 2.28. The molecule has 2 nitrogen and oxygen atoms in total. The lowest BCUT2D eigenvalue weighted by atomic mass is 10.2. The molecule has 0 unspecified atom stereocenters. The average Bonchev–Trinajstić information content (AvgIpc) is 2.76. The van der Waals surface area contributed by atoms with Crippen LogP contribution >= 0.6 is 43.2 Å². The summed E-state index contributed by atoms with van der Waals surface area (Å²) in [5, 5.41) is 1.85. The Labute approximate surface area is 120 Å². The Bertz CT molecular complexity index is 527. The summed E-state index contributed by atoms with van der Waals surface area (Å²) in [7, 11) is 0. The van der Waals surface area contributed by atoms with Crippen LogP contribution in [0.4, 0.5) is 0 Å². The van der Waals surface area contributed by atoms with E-state index < -0.39 is 0 Å². The zero-order valence-electron chi connectivity index (χ0n) is 8.87. The maximum Gasteiger partial charge on any atom is 0.353 e. The van der Waals surface area contributed by atoms with Crippen molar-refractivity contribution in [3.8, 4) is 5.75 Å². The van der Waals surface area contributed by atoms with E-state index in [2.05, 4.69) is 31.9 Å². The summed E-state index contributed by atoms with van der Waals surface area (Å²) < 4.78 is 7.08. The van der Waals surface area contributed by atoms with E-state index in [1.807, 2.05) is 30.5 Å². The smallest absolute Gasteiger partial charge is 0.353 e. The Morgan fingerprint density at radius 3 is 2.71 bits per heavy atom. The molecule has 0 N–H and O–H groups in total. The van der Waals surface area contributed by atoms with Gasteiger partial charge in [-0.1, -0.05) is 22.0 Å². The Kier molecular flexibility index (Phi) is 4.01. The molecule has 2 aromatic rings. The third kappa shape index (κ3) is 2.97. The van der Waals surface area contributed by atoms with Gasteiger partial charge in [0.05, 0.1) is 4.47 Å². The lowest BCUT2D eigenvalue weighted by Crippen LogP contribution is -2.07. The SMILES string of the molecule is Cc1cc(Br)cc(Br)c1OC(=O)c1cccs1. The van der Waals surface area contributed by atoms with Gasteiger partial charge < -0.3 is 4.74 Å². The molecule has 0 aliphatic rings. The van der Waals surface area contributed by atoms with Gasteiger partial charge in [0.25, 0.3) is 0 Å². The van der Waals surface area contributed by atoms with Gasteiger partial charge in [-0.15, -0.1) is 11.3 Å². The fraction of sp³-hybridized carbons (Fsp3) is 0.0833. The van der Waals surface area contributed by atoms with E-state index in [9.17, 15) is 4.79 Å². The maximum absolute atomic E-state index is 11.8. The summed E-state index contributed by atoms with van der Waals surface area (Å²) in [6, 6.07) is 7.33. The van der Waals surface area contributed by atoms with E-state index in [1.54, 1.807) is 6.07 Å². The molecule has 0 aliphatic heterocycles. The minimum atomic E-state index is -0.328. The lowest BCUT2D eigenvalue weighted by Gasteiger charge is -2.09. The second-order valence-corrected chi connectivity index (χ2v) is 6.12. The molecule has 0 radical (unpaired) electrons. The third-order valence-corrected chi connectivity index (χ3v) is 4.01. The van der Waals surface area contributed by atoms with Gasteiger partial charge in [-0.3, -0.25) is 0 Å². The molecule has 0 amide bonds. The first kappa shape index (κ1) is 12.8. The van der Waals surface area contributed by atoms with Crippen molar-refractivity contribution in [3.63, 3.8) is 0 Å². The first-order valence-electron chi connectivity index (χ1n) is 4.79. The van der Waals surface area contributed by atoms with Crippen LogP contribution in [0.2, 0.25) is 0 Å². The number of aryl methyl sites for hydroxylation is 1. The van der Waals surface area contributed by atoms with Crippen molar-refractivity contribution in [1.82, 2.24) is 0 Å². The van der Waals surface area contributed by atoms with Crippen molar-refractivity contribution < 1.29 is 9.53 Å². The topological polar surface area (TPSA) is 26.3 Å². The van der Waals surface area contributed by atoms with Crippen molar-refractivity contribution >= 4 is 49.2 Å². The first-order valence-corrected chi connectivity index (χ1v) is 7.26. The summed E-state index contributed by atoms with van der Waals surface area (Å²) in [5.74, 6) is 0.234. The highest BCUT2D eigenvalue weighted by Crippen LogP contribution is 2.33. The van der Waals surface area contributed by atoms with Crippen LogP contribution < -0.4 is 4.74 Å². The van der Waals surface area contributed by atoms with E-state index >= 15 is 0 Å². The zero-order chi connectivity index (χ0) is 12.4. The molecule has 5 heteroatoms. The van der Waals surface area contributed by atoms with Crippen molar-refractivity contribution in [2.24, 2.45) is 0 Å². The maximum atomic E-state index is 11.8. The molecule has 0 saturated carbocycles. The van der Waals surface area contributed by atoms with Gasteiger partial charge in [-0.25, -0.2) is 4.79 Å². The first-order chi connectivity index (χ1) is 8.08. The highest BCUT2D eigenvalue weighted by atomic mass is 79.9. The van der Waals surface area contributed by atoms with Crippen molar-refractivity contribution in [1.29, 1.82) is 0 Å². The number of benzene rings is 1. The predicted molar refractivity (Wildman–Crippen MR) is 75.9 cm³/mol. The summed E-state index contributed by atoms with van der Waals surface area (Å²) in [5.41, 5.74) is 0.899. The van der Waals surface area contributed by atoms with Gasteiger partial charge >= 0.3 is 5.97 Å². The van der Waals surface area contributed by atoms with E-state index in [4.69, 9.17) is 4.74 Å². The number of hydrogen-bond donors (Lipinski definition) is 0. The number of hydrogen-bond acceptors (Lipinski definition) is 3. The molecule has 17 heavy (non-hydrogen) atoms. The van der Waals surface area contributed by atoms with Gasteiger partial charge in [0.15, 0.2) is 0 Å². The van der Waals surface area contributed by atoms with Crippen LogP contribution in [0.3, 0.4) is 0 Å². The molecule has 0 spiro atoms. The van der Waals surface area contributed by atoms with E-state index in [-0.39, 0.29) is 5.97 Å². The molecular weight excluding hydrogens is 368 g/mol. The minimum absolute atomic E-state index is 0.328. The molecule has 1 aromatic heterocycles. The van der Waals surface area contributed by atoms with Crippen LogP contribution in [0.15, 0.2) is 38.6 Å². The Morgan fingerprint density at radius 2 is 2.12 bits per heavy atom. The molecule has 0 aliphatic carbocycles. The van der Waals surface area contributed by atoms with Gasteiger partial charge in [-0.2, -0.15) is 0 Å². The van der Waals surface area contributed by atoms with Crippen molar-refractivity contribution in [3.05, 3.63) is 49.0 Å². The largest absolute Gasteiger partial charge is 0.421 e. The Hall–Kier alpha value is -0.650. The predicted octanol–water partition coefficient (Wildman–Crippen LogP) is 4.80. The van der Waals surface area contributed by atoms with E-state index in [0.717, 1.165) is 14.5 Å². The molecular formula is C12H8Br2O2S. The molecule has 0 fully saturated rings. The fourth-order valence-electron chi connectivity index (χ4n) is 1.36. The van der Waals surface area contributed by atoms with E-state index in [0.29, 0.717) is 10.6 Å². The second kappa shape index (κ2) is 5.33. The van der Waals surface area contributed by atoms with E-state index in [1.165, 1.54) is 11.3 Å². The van der Waals surface area contributed by atoms with Crippen molar-refractivity contribution in [2.45, 2.75) is 6.92 Å². The fourth-order valence-corrected chi connectivity index (χ4v) is 3.47. The molecule has 1 aromatic carbocycles. The molecule has 88 valence electrons. The number of carbonyl (C=O) groups is 1. The number of ether oxygens (including phenoxy) is 1. The van der Waals surface area contributed by atoms with Crippen LogP contribution in [0.25, 0.3) is 0 Å². The number of halogens is 2. The summed E-state index contributed by atoms with van der Waals surface area (Å²) in [6.07, 6.45) is 0. The summed E-state index contributed by atoms with van der Waals surface area (Å²) in [6.45, 7) is 1.90. The summed E-state index contributed by atoms with van der Waals surface area (Å²) >= 11 is 8.14. The normalized spacial score (nSPS) is 10.3. The molecule has 1 heterocycles. The van der Waals surface area contributed by atoms with Gasteiger partial charge in [0.1, 0.15) is 10.6 Å². The van der Waals surface area contributed by atoms with Gasteiger partial charge in [-0.05, 0) is 52.0 Å². The standard InChI is InChI=1S/C12H8Br2O2S/c1-7-5-8(13)6-9(14)11(7)16-12(15)10-3-2-4-17-10/h2-6H,1H3. The molecule has 0 bridgehead atoms. The van der Waals surface area contributed by atoms with Crippen molar-refractivity contribution in [2.75, 3.05) is 0 Å². The highest BCUT2D eigenvalue weighted by molar-refractivity contribution is 9.11. The molecule has 0 saturated heterocycles. The average molecular weight is 376 g/mol. The number of esters is 1. The van der Waals surface area contributed by atoms with Crippen LogP contribution in [0.5, 0.6) is 5.75 Å². The van der Waals surface area contributed by atoms with Crippen LogP contribution in [0, 0.1) is 6.92 Å². The minimum Gasteiger partial charge on any atom is -0.421 e. The zero-order valence-corrected chi connectivity index (χ0v) is 12.9. The molecule has 0 atom stereocenters. The highest BCUT2D eigenvalue weighted by Gasteiger charge is 2.14. The van der Waals surface area contributed by atoms with Gasteiger partial charge in [0.2, 0.25) is 0 Å². The lowest BCUT2D eigenvalue weighted by molar-refractivity contribution is 0.0737.